The molecule has 0 radical (unpaired) electrons. The summed E-state index contributed by atoms with van der Waals surface area (Å²) in [7, 11) is 2.68. The lowest BCUT2D eigenvalue weighted by Gasteiger charge is -2.46. The topological polar surface area (TPSA) is 166 Å². The molecule has 9 atom stereocenters. The van der Waals surface area contributed by atoms with Gasteiger partial charge in [0.25, 0.3) is 0 Å². The number of aliphatic hydroxyl groups excluding tert-OH is 2. The first-order valence-corrected chi connectivity index (χ1v) is 9.91. The maximum absolute atomic E-state index is 11.8. The van der Waals surface area contributed by atoms with E-state index in [1.807, 2.05) is 0 Å². The highest BCUT2D eigenvalue weighted by atomic mass is 16.7. The van der Waals surface area contributed by atoms with E-state index in [0.717, 1.165) is 13.8 Å². The Morgan fingerprint density at radius 3 is 1.91 bits per heavy atom. The van der Waals surface area contributed by atoms with Crippen LogP contribution in [-0.2, 0) is 52.3 Å². The Labute approximate surface area is 184 Å². The third-order valence-corrected chi connectivity index (χ3v) is 4.93. The SMILES string of the molecule is CO[C@@H]1[C@@H](OC)[C@@H](O)O[C@H](CO)[C@H]1O[C@H]1OC[C@@H](OC(C)=O)[C@H](OC(C)=O)[C@@H]1OC(C)=O. The van der Waals surface area contributed by atoms with Gasteiger partial charge in [0, 0.05) is 35.0 Å². The highest BCUT2D eigenvalue weighted by molar-refractivity contribution is 5.68. The van der Waals surface area contributed by atoms with Crippen LogP contribution in [0.5, 0.6) is 0 Å². The molecule has 0 aromatic heterocycles. The molecule has 2 rings (SSSR count). The number of esters is 3. The van der Waals surface area contributed by atoms with Crippen LogP contribution in [0, 0.1) is 0 Å². The second-order valence-corrected chi connectivity index (χ2v) is 7.25. The molecule has 0 unspecified atom stereocenters. The van der Waals surface area contributed by atoms with E-state index in [4.69, 9.17) is 37.9 Å². The summed E-state index contributed by atoms with van der Waals surface area (Å²) in [5.41, 5.74) is 0. The lowest BCUT2D eigenvalue weighted by Crippen LogP contribution is -2.64. The number of ether oxygens (including phenoxy) is 8. The van der Waals surface area contributed by atoms with E-state index in [-0.39, 0.29) is 6.61 Å². The molecule has 2 saturated heterocycles. The molecule has 2 heterocycles. The molecule has 2 aliphatic heterocycles. The van der Waals surface area contributed by atoms with Crippen molar-refractivity contribution in [3.63, 3.8) is 0 Å². The van der Waals surface area contributed by atoms with Gasteiger partial charge in [-0.1, -0.05) is 0 Å². The number of carbonyl (C=O) groups is 3. The van der Waals surface area contributed by atoms with Crippen LogP contribution in [0.2, 0.25) is 0 Å². The monoisotopic (exact) mass is 466 g/mol. The van der Waals surface area contributed by atoms with E-state index >= 15 is 0 Å². The van der Waals surface area contributed by atoms with Crippen molar-refractivity contribution in [3.8, 4) is 0 Å². The third kappa shape index (κ3) is 6.34. The van der Waals surface area contributed by atoms with Crippen LogP contribution in [0.25, 0.3) is 0 Å². The Morgan fingerprint density at radius 1 is 0.844 bits per heavy atom. The molecule has 184 valence electrons. The van der Waals surface area contributed by atoms with E-state index in [1.54, 1.807) is 0 Å². The lowest BCUT2D eigenvalue weighted by atomic mass is 9.97. The Bertz CT molecular complexity index is 655. The van der Waals surface area contributed by atoms with E-state index in [2.05, 4.69) is 0 Å². The maximum Gasteiger partial charge on any atom is 0.303 e. The van der Waals surface area contributed by atoms with Crippen LogP contribution in [-0.4, -0.2) is 111 Å². The molecule has 0 bridgehead atoms. The Balaban J connectivity index is 2.34. The fraction of sp³-hybridized carbons (Fsp3) is 0.842. The second kappa shape index (κ2) is 11.8. The Kier molecular flexibility index (Phi) is 9.76. The van der Waals surface area contributed by atoms with Crippen molar-refractivity contribution >= 4 is 17.9 Å². The first-order valence-electron chi connectivity index (χ1n) is 9.91. The van der Waals surface area contributed by atoms with E-state index in [0.29, 0.717) is 0 Å². The van der Waals surface area contributed by atoms with Crippen LogP contribution in [0.15, 0.2) is 0 Å². The van der Waals surface area contributed by atoms with E-state index in [1.165, 1.54) is 21.1 Å². The minimum Gasteiger partial charge on any atom is -0.456 e. The van der Waals surface area contributed by atoms with E-state index < -0.39 is 79.8 Å². The molecule has 0 amide bonds. The van der Waals surface area contributed by atoms with Crippen molar-refractivity contribution in [1.82, 2.24) is 0 Å². The average molecular weight is 466 g/mol. The van der Waals surface area contributed by atoms with Crippen molar-refractivity contribution in [2.24, 2.45) is 0 Å². The zero-order chi connectivity index (χ0) is 24.0. The number of aliphatic hydroxyl groups is 2. The highest BCUT2D eigenvalue weighted by Crippen LogP contribution is 2.31. The lowest BCUT2D eigenvalue weighted by molar-refractivity contribution is -0.348. The van der Waals surface area contributed by atoms with Crippen molar-refractivity contribution in [3.05, 3.63) is 0 Å². The molecule has 2 N–H and O–H groups in total. The van der Waals surface area contributed by atoms with Crippen molar-refractivity contribution in [1.29, 1.82) is 0 Å². The van der Waals surface area contributed by atoms with Gasteiger partial charge in [0.2, 0.25) is 0 Å². The standard InChI is InChI=1S/C19H30O13/c1-8(21)28-12-7-27-19(17(30-10(3)23)14(12)29-9(2)22)32-13-11(6-20)31-18(24)16(26-5)15(13)25-4/h11-20,24H,6-7H2,1-5H3/t11-,12-,13-,14+,15+,16-,17+,18+,19-/m1/s1. The Hall–Kier alpha value is -1.87. The molecule has 0 spiro atoms. The fourth-order valence-corrected chi connectivity index (χ4v) is 3.71. The van der Waals surface area contributed by atoms with Crippen molar-refractivity contribution in [2.45, 2.75) is 76.1 Å². The summed E-state index contributed by atoms with van der Waals surface area (Å²) in [5, 5.41) is 19.9. The predicted molar refractivity (Wildman–Crippen MR) is 101 cm³/mol. The highest BCUT2D eigenvalue weighted by Gasteiger charge is 2.52. The summed E-state index contributed by atoms with van der Waals surface area (Å²) in [6, 6.07) is 0. The number of methoxy groups -OCH3 is 2. The molecule has 32 heavy (non-hydrogen) atoms. The van der Waals surface area contributed by atoms with Gasteiger partial charge < -0.3 is 48.1 Å². The normalized spacial score (nSPS) is 37.4. The number of carbonyl (C=O) groups excluding carboxylic acids is 3. The van der Waals surface area contributed by atoms with Gasteiger partial charge >= 0.3 is 17.9 Å². The molecular formula is C19H30O13. The summed E-state index contributed by atoms with van der Waals surface area (Å²) < 4.78 is 43.3. The number of hydrogen-bond acceptors (Lipinski definition) is 13. The van der Waals surface area contributed by atoms with Crippen molar-refractivity contribution < 1.29 is 62.5 Å². The van der Waals surface area contributed by atoms with Crippen LogP contribution in [0.3, 0.4) is 0 Å². The quantitative estimate of drug-likeness (QED) is 0.306. The first kappa shape index (κ1) is 26.4. The average Bonchev–Trinajstić information content (AvgIpc) is 2.71. The molecule has 13 heteroatoms. The minimum atomic E-state index is -1.40. The van der Waals surface area contributed by atoms with Gasteiger partial charge in [0.1, 0.15) is 24.4 Å². The van der Waals surface area contributed by atoms with Crippen LogP contribution < -0.4 is 0 Å². The number of hydrogen-bond donors (Lipinski definition) is 2. The van der Waals surface area contributed by atoms with Gasteiger partial charge in [-0.15, -0.1) is 0 Å². The van der Waals surface area contributed by atoms with E-state index in [9.17, 15) is 24.6 Å². The molecular weight excluding hydrogens is 436 g/mol. The predicted octanol–water partition coefficient (Wildman–Crippen LogP) is -1.74. The minimum absolute atomic E-state index is 0.245. The second-order valence-electron chi connectivity index (χ2n) is 7.25. The largest absolute Gasteiger partial charge is 0.456 e. The molecule has 2 aliphatic rings. The number of rotatable bonds is 8. The summed E-state index contributed by atoms with van der Waals surface area (Å²) in [6.45, 7) is 2.65. The van der Waals surface area contributed by atoms with Gasteiger partial charge in [-0.2, -0.15) is 0 Å². The molecule has 13 nitrogen and oxygen atoms in total. The Morgan fingerprint density at radius 2 is 1.41 bits per heavy atom. The maximum atomic E-state index is 11.8. The van der Waals surface area contributed by atoms with Crippen molar-refractivity contribution in [2.75, 3.05) is 27.4 Å². The summed E-state index contributed by atoms with van der Waals surface area (Å²) in [4.78, 5) is 34.9. The zero-order valence-corrected chi connectivity index (χ0v) is 18.5. The van der Waals surface area contributed by atoms with Gasteiger partial charge in [0.05, 0.1) is 13.2 Å². The molecule has 0 saturated carbocycles. The summed E-state index contributed by atoms with van der Waals surface area (Å²) in [6.07, 6.45) is -10.4. The fourth-order valence-electron chi connectivity index (χ4n) is 3.71. The van der Waals surface area contributed by atoms with Crippen LogP contribution >= 0.6 is 0 Å². The van der Waals surface area contributed by atoms with Gasteiger partial charge in [-0.05, 0) is 0 Å². The summed E-state index contributed by atoms with van der Waals surface area (Å²) in [5.74, 6) is -2.11. The molecule has 0 aliphatic carbocycles. The van der Waals surface area contributed by atoms with Gasteiger partial charge in [0.15, 0.2) is 30.9 Å². The van der Waals surface area contributed by atoms with Gasteiger partial charge in [-0.3, -0.25) is 14.4 Å². The van der Waals surface area contributed by atoms with Crippen LogP contribution in [0.1, 0.15) is 20.8 Å². The molecule has 0 aromatic carbocycles. The van der Waals surface area contributed by atoms with Crippen LogP contribution in [0.4, 0.5) is 0 Å². The first-order chi connectivity index (χ1) is 15.1. The summed E-state index contributed by atoms with van der Waals surface area (Å²) >= 11 is 0. The smallest absolute Gasteiger partial charge is 0.303 e. The van der Waals surface area contributed by atoms with Gasteiger partial charge in [-0.25, -0.2) is 0 Å². The third-order valence-electron chi connectivity index (χ3n) is 4.93. The zero-order valence-electron chi connectivity index (χ0n) is 18.5. The molecule has 0 aromatic rings. The molecule has 2 fully saturated rings.